The number of amides is 1. The first-order valence-electron chi connectivity index (χ1n) is 8.91. The van der Waals surface area contributed by atoms with Gasteiger partial charge in [0.05, 0.1) is 44.7 Å². The lowest BCUT2D eigenvalue weighted by Crippen LogP contribution is -3.19. The fraction of sp³-hybridized carbons (Fsp3) is 0.350. The van der Waals surface area contributed by atoms with Crippen LogP contribution in [0, 0.1) is 0 Å². The topological polar surface area (TPSA) is 66.2 Å². The van der Waals surface area contributed by atoms with Gasteiger partial charge in [0.2, 0.25) is 0 Å². The molecule has 2 aromatic rings. The Kier molecular flexibility index (Phi) is 5.63. The number of anilines is 2. The molecule has 1 fully saturated rings. The Morgan fingerprint density at radius 3 is 2.50 bits per heavy atom. The summed E-state index contributed by atoms with van der Waals surface area (Å²) in [4.78, 5) is 16.1. The average Bonchev–Trinajstić information content (AvgIpc) is 2.68. The van der Waals surface area contributed by atoms with Crippen LogP contribution in [-0.4, -0.2) is 50.3 Å². The third-order valence-electron chi connectivity index (χ3n) is 5.00. The van der Waals surface area contributed by atoms with Crippen molar-refractivity contribution < 1.29 is 19.5 Å². The van der Waals surface area contributed by atoms with Gasteiger partial charge < -0.3 is 25.0 Å². The fourth-order valence-electron chi connectivity index (χ4n) is 3.37. The van der Waals surface area contributed by atoms with Crippen molar-refractivity contribution in [3.63, 3.8) is 0 Å². The maximum absolute atomic E-state index is 12.6. The second-order valence-electron chi connectivity index (χ2n) is 6.55. The second-order valence-corrected chi connectivity index (χ2v) is 6.55. The van der Waals surface area contributed by atoms with Crippen molar-refractivity contribution in [2.24, 2.45) is 0 Å². The van der Waals surface area contributed by atoms with E-state index in [1.807, 2.05) is 49.4 Å². The molecule has 138 valence electrons. The molecular formula is C20H26N3O3+. The lowest BCUT2D eigenvalue weighted by Gasteiger charge is -2.36. The van der Waals surface area contributed by atoms with Crippen LogP contribution in [0.2, 0.25) is 0 Å². The van der Waals surface area contributed by atoms with Gasteiger partial charge in [0.1, 0.15) is 11.5 Å². The van der Waals surface area contributed by atoms with Crippen molar-refractivity contribution in [3.8, 4) is 11.5 Å². The minimum Gasteiger partial charge on any atom is -0.506 e. The van der Waals surface area contributed by atoms with E-state index in [0.29, 0.717) is 17.2 Å². The molecule has 0 aromatic heterocycles. The molecule has 1 aliphatic rings. The number of ether oxygens (including phenoxy) is 1. The molecule has 3 rings (SSSR count). The number of nitrogens with zero attached hydrogens (tertiary/aromatic N) is 1. The Morgan fingerprint density at radius 2 is 1.81 bits per heavy atom. The SMILES string of the molecule is COc1ccccc1NC(=O)[C@@H](C)[NH+]1CCN(c2ccccc2O)CC1. The molecule has 1 heterocycles. The van der Waals surface area contributed by atoms with Crippen LogP contribution >= 0.6 is 0 Å². The molecule has 6 heteroatoms. The van der Waals surface area contributed by atoms with Crippen LogP contribution < -0.4 is 19.9 Å². The van der Waals surface area contributed by atoms with Crippen LogP contribution in [0.5, 0.6) is 11.5 Å². The Hall–Kier alpha value is -2.73. The summed E-state index contributed by atoms with van der Waals surface area (Å²) in [5, 5.41) is 13.0. The highest BCUT2D eigenvalue weighted by molar-refractivity contribution is 5.94. The zero-order chi connectivity index (χ0) is 18.5. The molecule has 2 aromatic carbocycles. The number of nitrogens with one attached hydrogen (secondary N) is 2. The summed E-state index contributed by atoms with van der Waals surface area (Å²) in [5.74, 6) is 0.950. The molecule has 0 aliphatic carbocycles. The summed E-state index contributed by atoms with van der Waals surface area (Å²) in [7, 11) is 1.60. The van der Waals surface area contributed by atoms with E-state index in [1.165, 1.54) is 4.90 Å². The molecule has 26 heavy (non-hydrogen) atoms. The lowest BCUT2D eigenvalue weighted by atomic mass is 10.2. The molecule has 3 N–H and O–H groups in total. The largest absolute Gasteiger partial charge is 0.506 e. The first-order valence-corrected chi connectivity index (χ1v) is 8.91. The molecule has 0 bridgehead atoms. The van der Waals surface area contributed by atoms with Gasteiger partial charge in [-0.15, -0.1) is 0 Å². The van der Waals surface area contributed by atoms with Crippen molar-refractivity contribution >= 4 is 17.3 Å². The van der Waals surface area contributed by atoms with Crippen LogP contribution in [0.3, 0.4) is 0 Å². The number of carbonyl (C=O) groups is 1. The van der Waals surface area contributed by atoms with Gasteiger partial charge in [0, 0.05) is 0 Å². The van der Waals surface area contributed by atoms with Gasteiger partial charge in [-0.1, -0.05) is 24.3 Å². The van der Waals surface area contributed by atoms with Crippen LogP contribution in [0.15, 0.2) is 48.5 Å². The quantitative estimate of drug-likeness (QED) is 0.752. The standard InChI is InChI=1S/C20H25N3O3/c1-15(20(25)21-16-7-3-6-10-19(16)26-2)22-11-13-23(14-12-22)17-8-4-5-9-18(17)24/h3-10,15,24H,11-14H2,1-2H3,(H,21,25)/p+1/t15-/m1/s1. The molecule has 0 unspecified atom stereocenters. The maximum atomic E-state index is 12.6. The van der Waals surface area contributed by atoms with Gasteiger partial charge in [0.15, 0.2) is 6.04 Å². The van der Waals surface area contributed by atoms with Crippen molar-refractivity contribution in [1.29, 1.82) is 0 Å². The number of hydrogen-bond acceptors (Lipinski definition) is 4. The van der Waals surface area contributed by atoms with E-state index in [-0.39, 0.29) is 11.9 Å². The van der Waals surface area contributed by atoms with E-state index in [1.54, 1.807) is 13.2 Å². The highest BCUT2D eigenvalue weighted by Crippen LogP contribution is 2.26. The summed E-state index contributed by atoms with van der Waals surface area (Å²) < 4.78 is 5.29. The van der Waals surface area contributed by atoms with Gasteiger partial charge in [-0.05, 0) is 31.2 Å². The molecule has 0 saturated carbocycles. The van der Waals surface area contributed by atoms with E-state index in [4.69, 9.17) is 4.74 Å². The number of para-hydroxylation sites is 4. The van der Waals surface area contributed by atoms with Gasteiger partial charge in [0.25, 0.3) is 5.91 Å². The maximum Gasteiger partial charge on any atom is 0.282 e. The number of hydrogen-bond donors (Lipinski definition) is 3. The lowest BCUT2D eigenvalue weighted by molar-refractivity contribution is -0.914. The number of methoxy groups -OCH3 is 1. The molecular weight excluding hydrogens is 330 g/mol. The number of carbonyl (C=O) groups excluding carboxylic acids is 1. The van der Waals surface area contributed by atoms with Crippen LogP contribution in [0.4, 0.5) is 11.4 Å². The molecule has 1 aliphatic heterocycles. The van der Waals surface area contributed by atoms with Crippen molar-refractivity contribution in [2.45, 2.75) is 13.0 Å². The summed E-state index contributed by atoms with van der Waals surface area (Å²) in [6, 6.07) is 14.7. The monoisotopic (exact) mass is 356 g/mol. The Balaban J connectivity index is 1.59. The predicted molar refractivity (Wildman–Crippen MR) is 102 cm³/mol. The van der Waals surface area contributed by atoms with Crippen LogP contribution in [0.25, 0.3) is 0 Å². The van der Waals surface area contributed by atoms with Crippen molar-refractivity contribution in [2.75, 3.05) is 43.5 Å². The fourth-order valence-corrected chi connectivity index (χ4v) is 3.37. The van der Waals surface area contributed by atoms with E-state index in [9.17, 15) is 9.90 Å². The Morgan fingerprint density at radius 1 is 1.15 bits per heavy atom. The van der Waals surface area contributed by atoms with Crippen molar-refractivity contribution in [1.82, 2.24) is 0 Å². The molecule has 6 nitrogen and oxygen atoms in total. The Bertz CT molecular complexity index is 757. The van der Waals surface area contributed by atoms with Crippen molar-refractivity contribution in [3.05, 3.63) is 48.5 Å². The number of phenols is 1. The summed E-state index contributed by atoms with van der Waals surface area (Å²) in [6.07, 6.45) is 0. The van der Waals surface area contributed by atoms with E-state index < -0.39 is 0 Å². The molecule has 0 spiro atoms. The number of phenolic OH excluding ortho intramolecular Hbond substituents is 1. The smallest absolute Gasteiger partial charge is 0.282 e. The average molecular weight is 356 g/mol. The predicted octanol–water partition coefficient (Wildman–Crippen LogP) is 1.13. The Labute approximate surface area is 154 Å². The minimum atomic E-state index is -0.161. The van der Waals surface area contributed by atoms with Crippen LogP contribution in [0.1, 0.15) is 6.92 Å². The third kappa shape index (κ3) is 3.91. The zero-order valence-electron chi connectivity index (χ0n) is 15.2. The second kappa shape index (κ2) is 8.10. The van der Waals surface area contributed by atoms with Crippen LogP contribution in [-0.2, 0) is 4.79 Å². The summed E-state index contributed by atoms with van der Waals surface area (Å²) >= 11 is 0. The highest BCUT2D eigenvalue weighted by atomic mass is 16.5. The minimum absolute atomic E-state index is 0.0134. The van der Waals surface area contributed by atoms with E-state index >= 15 is 0 Å². The van der Waals surface area contributed by atoms with Gasteiger partial charge in [-0.3, -0.25) is 4.79 Å². The molecule has 1 atom stereocenters. The number of piperazine rings is 1. The molecule has 1 saturated heterocycles. The highest BCUT2D eigenvalue weighted by Gasteiger charge is 2.30. The first-order chi connectivity index (χ1) is 12.6. The third-order valence-corrected chi connectivity index (χ3v) is 5.00. The van der Waals surface area contributed by atoms with E-state index in [2.05, 4.69) is 10.2 Å². The van der Waals surface area contributed by atoms with Gasteiger partial charge in [-0.2, -0.15) is 0 Å². The van der Waals surface area contributed by atoms with Gasteiger partial charge in [-0.25, -0.2) is 0 Å². The van der Waals surface area contributed by atoms with Gasteiger partial charge >= 0.3 is 0 Å². The molecule has 0 radical (unpaired) electrons. The summed E-state index contributed by atoms with van der Waals surface area (Å²) in [6.45, 7) is 5.25. The first kappa shape index (κ1) is 18.1. The zero-order valence-corrected chi connectivity index (χ0v) is 15.2. The summed E-state index contributed by atoms with van der Waals surface area (Å²) in [5.41, 5.74) is 1.55. The van der Waals surface area contributed by atoms with E-state index in [0.717, 1.165) is 31.9 Å². The number of benzene rings is 2. The number of quaternary nitrogens is 1. The number of aromatic hydroxyl groups is 1. The number of rotatable bonds is 5. The molecule has 1 amide bonds. The normalized spacial score (nSPS) is 16.2.